The Morgan fingerprint density at radius 2 is 1.75 bits per heavy atom. The first kappa shape index (κ1) is 16.4. The van der Waals surface area contributed by atoms with Crippen LogP contribution in [0.4, 0.5) is 5.95 Å². The van der Waals surface area contributed by atoms with E-state index in [-0.39, 0.29) is 24.9 Å². The molecule has 1 aromatic carbocycles. The molecule has 0 radical (unpaired) electrons. The molecule has 0 fully saturated rings. The molecule has 0 spiro atoms. The highest BCUT2D eigenvalue weighted by Crippen LogP contribution is 2.22. The number of nitrogens with zero attached hydrogens (tertiary/aromatic N) is 3. The molecule has 0 aliphatic carbocycles. The summed E-state index contributed by atoms with van der Waals surface area (Å²) in [5, 5.41) is 13.0. The molecule has 1 aliphatic rings. The van der Waals surface area contributed by atoms with Crippen LogP contribution < -0.4 is 5.32 Å². The molecule has 8 heteroatoms. The van der Waals surface area contributed by atoms with Crippen molar-refractivity contribution in [1.29, 1.82) is 0 Å². The molecule has 1 aliphatic heterocycles. The average Bonchev–Trinajstić information content (AvgIpc) is 2.86. The number of nitrogens with one attached hydrogen (secondary N) is 1. The van der Waals surface area contributed by atoms with E-state index in [1.54, 1.807) is 36.7 Å². The van der Waals surface area contributed by atoms with Gasteiger partial charge in [-0.05, 0) is 18.4 Å². The molecule has 2 N–H and O–H groups in total. The smallest absolute Gasteiger partial charge is 0.261 e. The lowest BCUT2D eigenvalue weighted by Crippen LogP contribution is -2.39. The number of anilines is 1. The molecule has 1 atom stereocenters. The van der Waals surface area contributed by atoms with E-state index in [0.717, 1.165) is 9.80 Å². The van der Waals surface area contributed by atoms with Crippen molar-refractivity contribution in [2.24, 2.45) is 0 Å². The van der Waals surface area contributed by atoms with Gasteiger partial charge >= 0.3 is 0 Å². The number of rotatable bonds is 6. The van der Waals surface area contributed by atoms with Gasteiger partial charge in [0.05, 0.1) is 23.8 Å². The van der Waals surface area contributed by atoms with E-state index in [9.17, 15) is 14.7 Å². The summed E-state index contributed by atoms with van der Waals surface area (Å²) in [5.41, 5.74) is 0.747. The molecular weight excluding hydrogens is 328 g/mol. The van der Waals surface area contributed by atoms with Crippen LogP contribution in [0.3, 0.4) is 0 Å². The number of thioether (sulfide) groups is 1. The normalized spacial score (nSPS) is 14.7. The van der Waals surface area contributed by atoms with Gasteiger partial charge in [-0.3, -0.25) is 14.5 Å². The van der Waals surface area contributed by atoms with Gasteiger partial charge in [0.2, 0.25) is 5.95 Å². The fourth-order valence-electron chi connectivity index (χ4n) is 2.40. The average molecular weight is 344 g/mol. The Bertz CT molecular complexity index is 731. The fraction of sp³-hybridized carbons (Fsp3) is 0.250. The van der Waals surface area contributed by atoms with Gasteiger partial charge in [0, 0.05) is 23.8 Å². The van der Waals surface area contributed by atoms with Crippen molar-refractivity contribution in [3.8, 4) is 0 Å². The summed E-state index contributed by atoms with van der Waals surface area (Å²) in [7, 11) is 0. The Morgan fingerprint density at radius 3 is 2.29 bits per heavy atom. The van der Waals surface area contributed by atoms with Gasteiger partial charge in [-0.25, -0.2) is 9.97 Å². The van der Waals surface area contributed by atoms with Crippen molar-refractivity contribution in [1.82, 2.24) is 14.9 Å². The predicted molar refractivity (Wildman–Crippen MR) is 90.1 cm³/mol. The molecule has 24 heavy (non-hydrogen) atoms. The zero-order valence-corrected chi connectivity index (χ0v) is 13.8. The molecule has 3 rings (SSSR count). The molecule has 0 bridgehead atoms. The summed E-state index contributed by atoms with van der Waals surface area (Å²) in [5.74, 6) is -0.375. The minimum absolute atomic E-state index is 0.0811. The van der Waals surface area contributed by atoms with E-state index < -0.39 is 6.10 Å². The second-order valence-corrected chi connectivity index (χ2v) is 6.13. The summed E-state index contributed by atoms with van der Waals surface area (Å²) in [6.07, 6.45) is 4.36. The van der Waals surface area contributed by atoms with Crippen LogP contribution in [0.5, 0.6) is 0 Å². The summed E-state index contributed by atoms with van der Waals surface area (Å²) in [6.45, 7) is 0.0499. The van der Waals surface area contributed by atoms with E-state index in [0.29, 0.717) is 17.1 Å². The number of carbonyl (C=O) groups excluding carboxylic acids is 2. The molecule has 124 valence electrons. The molecule has 2 heterocycles. The first-order valence-corrected chi connectivity index (χ1v) is 8.56. The van der Waals surface area contributed by atoms with Gasteiger partial charge in [0.25, 0.3) is 11.8 Å². The van der Waals surface area contributed by atoms with Crippen LogP contribution in [0.25, 0.3) is 0 Å². The number of hydrogen-bond acceptors (Lipinski definition) is 7. The minimum atomic E-state index is -0.920. The number of hydrogen-bond donors (Lipinski definition) is 2. The van der Waals surface area contributed by atoms with Gasteiger partial charge in [0.15, 0.2) is 0 Å². The van der Waals surface area contributed by atoms with Crippen molar-refractivity contribution in [3.05, 3.63) is 47.8 Å². The largest absolute Gasteiger partial charge is 0.389 e. The first-order chi connectivity index (χ1) is 11.6. The number of aliphatic hydroxyl groups excluding tert-OH is 1. The third kappa shape index (κ3) is 3.24. The Hall–Kier alpha value is -2.45. The van der Waals surface area contributed by atoms with Crippen LogP contribution in [0, 0.1) is 0 Å². The fourth-order valence-corrected chi connectivity index (χ4v) is 2.72. The molecule has 2 aromatic rings. The molecule has 0 unspecified atom stereocenters. The Kier molecular flexibility index (Phi) is 4.77. The second-order valence-electron chi connectivity index (χ2n) is 5.25. The van der Waals surface area contributed by atoms with Crippen molar-refractivity contribution in [3.63, 3.8) is 0 Å². The zero-order valence-electron chi connectivity index (χ0n) is 13.0. The quantitative estimate of drug-likeness (QED) is 0.602. The number of amides is 2. The van der Waals surface area contributed by atoms with Crippen LogP contribution in [0.1, 0.15) is 20.7 Å². The third-order valence-electron chi connectivity index (χ3n) is 3.63. The number of fused-ring (bicyclic) bond motifs is 1. The number of carbonyl (C=O) groups is 2. The number of aliphatic hydroxyl groups is 1. The standard InChI is InChI=1S/C16H16N4O3S/c1-24-11-7-18-16(19-8-11)17-6-10(21)9-20-14(22)12-4-2-3-5-13(12)15(20)23/h2-5,7-8,10,21H,6,9H2,1H3,(H,17,18,19)/t10-/m1/s1. The maximum Gasteiger partial charge on any atom is 0.261 e. The summed E-state index contributed by atoms with van der Waals surface area (Å²) in [4.78, 5) is 34.7. The van der Waals surface area contributed by atoms with Crippen molar-refractivity contribution in [2.45, 2.75) is 11.0 Å². The van der Waals surface area contributed by atoms with E-state index in [2.05, 4.69) is 15.3 Å². The lowest BCUT2D eigenvalue weighted by Gasteiger charge is -2.18. The number of benzene rings is 1. The first-order valence-electron chi connectivity index (χ1n) is 7.33. The molecule has 2 amide bonds. The van der Waals surface area contributed by atoms with E-state index in [4.69, 9.17) is 0 Å². The molecule has 0 saturated carbocycles. The van der Waals surface area contributed by atoms with Crippen LogP contribution in [0.2, 0.25) is 0 Å². The van der Waals surface area contributed by atoms with Crippen molar-refractivity contribution >= 4 is 29.5 Å². The molecular formula is C16H16N4O3S. The highest BCUT2D eigenvalue weighted by molar-refractivity contribution is 7.98. The van der Waals surface area contributed by atoms with E-state index in [1.165, 1.54) is 11.8 Å². The van der Waals surface area contributed by atoms with Crippen LogP contribution >= 0.6 is 11.8 Å². The molecule has 7 nitrogen and oxygen atoms in total. The number of aromatic nitrogens is 2. The predicted octanol–water partition coefficient (Wildman–Crippen LogP) is 1.27. The highest BCUT2D eigenvalue weighted by Gasteiger charge is 2.35. The summed E-state index contributed by atoms with van der Waals surface area (Å²) in [6, 6.07) is 6.64. The van der Waals surface area contributed by atoms with Crippen molar-refractivity contribution < 1.29 is 14.7 Å². The van der Waals surface area contributed by atoms with Gasteiger partial charge in [-0.15, -0.1) is 11.8 Å². The number of imide groups is 1. The molecule has 0 saturated heterocycles. The monoisotopic (exact) mass is 344 g/mol. The van der Waals surface area contributed by atoms with E-state index in [1.807, 2.05) is 6.26 Å². The van der Waals surface area contributed by atoms with Gasteiger partial charge < -0.3 is 10.4 Å². The van der Waals surface area contributed by atoms with Gasteiger partial charge in [-0.2, -0.15) is 0 Å². The SMILES string of the molecule is CSc1cnc(NC[C@@H](O)CN2C(=O)c3ccccc3C2=O)nc1. The van der Waals surface area contributed by atoms with Crippen LogP contribution in [0.15, 0.2) is 41.6 Å². The van der Waals surface area contributed by atoms with E-state index >= 15 is 0 Å². The number of β-amino-alcohol motifs (C(OH)–C–C–N with tert-alkyl or cyclic N) is 1. The van der Waals surface area contributed by atoms with Gasteiger partial charge in [0.1, 0.15) is 0 Å². The Labute approximate surface area is 143 Å². The highest BCUT2D eigenvalue weighted by atomic mass is 32.2. The van der Waals surface area contributed by atoms with Crippen LogP contribution in [-0.4, -0.2) is 57.2 Å². The topological polar surface area (TPSA) is 95.4 Å². The van der Waals surface area contributed by atoms with Crippen molar-refractivity contribution in [2.75, 3.05) is 24.7 Å². The molecule has 1 aromatic heterocycles. The summed E-state index contributed by atoms with van der Waals surface area (Å²) < 4.78 is 0. The lowest BCUT2D eigenvalue weighted by molar-refractivity contribution is 0.0557. The Morgan fingerprint density at radius 1 is 1.17 bits per heavy atom. The van der Waals surface area contributed by atoms with Gasteiger partial charge in [-0.1, -0.05) is 12.1 Å². The third-order valence-corrected chi connectivity index (χ3v) is 4.31. The zero-order chi connectivity index (χ0) is 17.1. The lowest BCUT2D eigenvalue weighted by atomic mass is 10.1. The minimum Gasteiger partial charge on any atom is -0.389 e. The maximum atomic E-state index is 12.2. The Balaban J connectivity index is 1.58. The second kappa shape index (κ2) is 6.98. The van der Waals surface area contributed by atoms with Crippen LogP contribution in [-0.2, 0) is 0 Å². The maximum absolute atomic E-state index is 12.2. The summed E-state index contributed by atoms with van der Waals surface area (Å²) >= 11 is 1.53.